The summed E-state index contributed by atoms with van der Waals surface area (Å²) in [4.78, 5) is 23.7. The average Bonchev–Trinajstić information content (AvgIpc) is 3.12. The van der Waals surface area contributed by atoms with E-state index in [-0.39, 0.29) is 12.7 Å². The molecule has 6 heteroatoms. The number of carbonyl (C=O) groups is 2. The summed E-state index contributed by atoms with van der Waals surface area (Å²) in [5, 5.41) is 9.60. The van der Waals surface area contributed by atoms with E-state index in [1.54, 1.807) is 0 Å². The van der Waals surface area contributed by atoms with E-state index in [1.807, 2.05) is 0 Å². The fourth-order valence-corrected chi connectivity index (χ4v) is 4.06. The number of carboxylic acids is 1. The van der Waals surface area contributed by atoms with Crippen molar-refractivity contribution in [1.29, 1.82) is 0 Å². The summed E-state index contributed by atoms with van der Waals surface area (Å²) >= 11 is 0. The van der Waals surface area contributed by atoms with E-state index in [4.69, 9.17) is 14.2 Å². The third kappa shape index (κ3) is 4.09. The van der Waals surface area contributed by atoms with Crippen molar-refractivity contribution >= 4 is 11.9 Å². The van der Waals surface area contributed by atoms with Crippen LogP contribution < -0.4 is 0 Å². The monoisotopic (exact) mass is 342 g/mol. The third-order valence-corrected chi connectivity index (χ3v) is 5.29. The van der Waals surface area contributed by atoms with Crippen molar-refractivity contribution in [3.8, 4) is 0 Å². The fourth-order valence-electron chi connectivity index (χ4n) is 4.06. The van der Waals surface area contributed by atoms with Crippen molar-refractivity contribution < 1.29 is 28.9 Å². The quantitative estimate of drug-likeness (QED) is 0.459. The molecule has 2 aliphatic rings. The predicted molar refractivity (Wildman–Crippen MR) is 87.7 cm³/mol. The first-order chi connectivity index (χ1) is 11.6. The Morgan fingerprint density at radius 1 is 1.21 bits per heavy atom. The number of rotatable bonds is 11. The molecule has 2 rings (SSSR count). The Morgan fingerprint density at radius 2 is 1.92 bits per heavy atom. The smallest absolute Gasteiger partial charge is 0.312 e. The molecule has 2 heterocycles. The predicted octanol–water partition coefficient (Wildman–Crippen LogP) is 2.78. The minimum absolute atomic E-state index is 0.239. The van der Waals surface area contributed by atoms with E-state index >= 15 is 0 Å². The molecule has 2 unspecified atom stereocenters. The van der Waals surface area contributed by atoms with Crippen LogP contribution in [0.5, 0.6) is 0 Å². The van der Waals surface area contributed by atoms with Crippen molar-refractivity contribution in [3.05, 3.63) is 0 Å². The first kappa shape index (κ1) is 19.2. The van der Waals surface area contributed by atoms with Gasteiger partial charge in [0, 0.05) is 6.61 Å². The fraction of sp³-hybridized carbons (Fsp3) is 0.889. The summed E-state index contributed by atoms with van der Waals surface area (Å²) in [6.45, 7) is 3.04. The van der Waals surface area contributed by atoms with Gasteiger partial charge in [0.1, 0.15) is 11.5 Å². The van der Waals surface area contributed by atoms with Crippen molar-refractivity contribution in [3.63, 3.8) is 0 Å². The van der Waals surface area contributed by atoms with Gasteiger partial charge < -0.3 is 19.3 Å². The number of ether oxygens (including phenoxy) is 3. The van der Waals surface area contributed by atoms with Gasteiger partial charge in [0.2, 0.25) is 0 Å². The van der Waals surface area contributed by atoms with E-state index in [0.29, 0.717) is 19.4 Å². The molecular weight excluding hydrogens is 312 g/mol. The lowest BCUT2D eigenvalue weighted by Gasteiger charge is -2.32. The molecule has 2 aliphatic heterocycles. The van der Waals surface area contributed by atoms with Crippen LogP contribution in [0.25, 0.3) is 0 Å². The van der Waals surface area contributed by atoms with Crippen LogP contribution >= 0.6 is 0 Å². The first-order valence-corrected chi connectivity index (χ1v) is 9.12. The topological polar surface area (TPSA) is 82.1 Å². The number of methoxy groups -OCH3 is 1. The van der Waals surface area contributed by atoms with Crippen LogP contribution in [0.15, 0.2) is 0 Å². The van der Waals surface area contributed by atoms with E-state index < -0.39 is 29.4 Å². The zero-order chi connectivity index (χ0) is 17.6. The second-order valence-electron chi connectivity index (χ2n) is 6.94. The van der Waals surface area contributed by atoms with E-state index in [1.165, 1.54) is 32.8 Å². The molecule has 4 atom stereocenters. The van der Waals surface area contributed by atoms with Crippen molar-refractivity contribution in [2.24, 2.45) is 11.8 Å². The second-order valence-corrected chi connectivity index (χ2v) is 6.94. The number of hydrogen-bond acceptors (Lipinski definition) is 5. The Labute approximate surface area is 143 Å². The Bertz CT molecular complexity index is 437. The molecule has 2 fully saturated rings. The molecule has 0 radical (unpaired) electrons. The Morgan fingerprint density at radius 3 is 2.58 bits per heavy atom. The van der Waals surface area contributed by atoms with Gasteiger partial charge in [-0.2, -0.15) is 0 Å². The molecule has 24 heavy (non-hydrogen) atoms. The van der Waals surface area contributed by atoms with E-state index in [9.17, 15) is 14.7 Å². The number of hydrogen-bond donors (Lipinski definition) is 1. The van der Waals surface area contributed by atoms with Gasteiger partial charge in [-0.1, -0.05) is 39.0 Å². The van der Waals surface area contributed by atoms with Gasteiger partial charge >= 0.3 is 11.9 Å². The molecule has 0 saturated carbocycles. The van der Waals surface area contributed by atoms with Crippen LogP contribution in [0.4, 0.5) is 0 Å². The normalized spacial score (nSPS) is 31.3. The van der Waals surface area contributed by atoms with E-state index in [0.717, 1.165) is 12.8 Å². The molecule has 0 aromatic rings. The highest BCUT2D eigenvalue weighted by Crippen LogP contribution is 2.52. The molecule has 0 aliphatic carbocycles. The van der Waals surface area contributed by atoms with Gasteiger partial charge in [-0.25, -0.2) is 0 Å². The second kappa shape index (κ2) is 8.81. The number of unbranched alkanes of at least 4 members (excludes halogenated alkanes) is 5. The lowest BCUT2D eigenvalue weighted by atomic mass is 9.72. The average molecular weight is 342 g/mol. The third-order valence-electron chi connectivity index (χ3n) is 5.29. The van der Waals surface area contributed by atoms with Crippen LogP contribution in [0.1, 0.15) is 58.3 Å². The summed E-state index contributed by atoms with van der Waals surface area (Å²) in [6, 6.07) is 0. The molecule has 0 amide bonds. The maximum absolute atomic E-state index is 12.0. The summed E-state index contributed by atoms with van der Waals surface area (Å²) in [7, 11) is 1.29. The minimum Gasteiger partial charge on any atom is -0.481 e. The highest BCUT2D eigenvalue weighted by Gasteiger charge is 2.65. The zero-order valence-corrected chi connectivity index (χ0v) is 14.8. The Balaban J connectivity index is 1.82. The van der Waals surface area contributed by atoms with Gasteiger partial charge in [-0.15, -0.1) is 0 Å². The van der Waals surface area contributed by atoms with Gasteiger partial charge in [-0.05, 0) is 19.3 Å². The van der Waals surface area contributed by atoms with Gasteiger partial charge in [0.05, 0.1) is 25.7 Å². The van der Waals surface area contributed by atoms with Crippen LogP contribution in [-0.4, -0.2) is 49.1 Å². The molecule has 6 nitrogen and oxygen atoms in total. The molecule has 0 spiro atoms. The Kier molecular flexibility index (Phi) is 7.04. The Hall–Kier alpha value is -1.14. The standard InChI is InChI=1S/C18H30O6/c1-3-4-5-6-7-8-11-23-12-18-10-9-13(24-18)14(17(21)22-2)15(18)16(19)20/h13-15H,3-12H2,1-2H3,(H,19,20)/t13-,14?,15?,18-/m1/s1. The maximum atomic E-state index is 12.0. The highest BCUT2D eigenvalue weighted by molar-refractivity contribution is 5.83. The van der Waals surface area contributed by atoms with Crippen LogP contribution in [0.2, 0.25) is 0 Å². The molecule has 1 N–H and O–H groups in total. The number of esters is 1. The largest absolute Gasteiger partial charge is 0.481 e. The molecule has 138 valence electrons. The number of carboxylic acid groups (broad SMARTS) is 1. The molecular formula is C18H30O6. The van der Waals surface area contributed by atoms with Crippen molar-refractivity contribution in [1.82, 2.24) is 0 Å². The number of fused-ring (bicyclic) bond motifs is 2. The van der Waals surface area contributed by atoms with Gasteiger partial charge in [0.15, 0.2) is 0 Å². The van der Waals surface area contributed by atoms with Gasteiger partial charge in [-0.3, -0.25) is 9.59 Å². The highest BCUT2D eigenvalue weighted by atomic mass is 16.6. The SMILES string of the molecule is CCCCCCCCOC[C@@]12CC[C@@H](O1)C(C(=O)OC)C2C(=O)O. The minimum atomic E-state index is -1.00. The van der Waals surface area contributed by atoms with Crippen molar-refractivity contribution in [2.45, 2.75) is 70.0 Å². The van der Waals surface area contributed by atoms with E-state index in [2.05, 4.69) is 6.92 Å². The molecule has 2 bridgehead atoms. The first-order valence-electron chi connectivity index (χ1n) is 9.12. The summed E-state index contributed by atoms with van der Waals surface area (Å²) in [5.41, 5.74) is -0.877. The molecule has 0 aromatic heterocycles. The zero-order valence-electron chi connectivity index (χ0n) is 14.8. The summed E-state index contributed by atoms with van der Waals surface area (Å²) in [6.07, 6.45) is 8.02. The van der Waals surface area contributed by atoms with Crippen LogP contribution in [0, 0.1) is 11.8 Å². The van der Waals surface area contributed by atoms with Crippen molar-refractivity contribution in [2.75, 3.05) is 20.3 Å². The lowest BCUT2D eigenvalue weighted by molar-refractivity contribution is -0.160. The van der Waals surface area contributed by atoms with Crippen LogP contribution in [0.3, 0.4) is 0 Å². The maximum Gasteiger partial charge on any atom is 0.312 e. The summed E-state index contributed by atoms with van der Waals surface area (Å²) < 4.78 is 16.4. The van der Waals surface area contributed by atoms with Gasteiger partial charge in [0.25, 0.3) is 0 Å². The number of aliphatic carboxylic acids is 1. The molecule has 2 saturated heterocycles. The van der Waals surface area contributed by atoms with Crippen LogP contribution in [-0.2, 0) is 23.8 Å². The lowest BCUT2D eigenvalue weighted by Crippen LogP contribution is -2.48. The number of carbonyl (C=O) groups excluding carboxylic acids is 1. The molecule has 0 aromatic carbocycles. The summed E-state index contributed by atoms with van der Waals surface area (Å²) in [5.74, 6) is -3.10.